The molecular formula is C32H40ClN5O9. The number of aryl methyl sites for hydroxylation is 1. The van der Waals surface area contributed by atoms with Crippen LogP contribution in [0, 0.1) is 12.3 Å². The van der Waals surface area contributed by atoms with Crippen molar-refractivity contribution in [3.05, 3.63) is 40.8 Å². The largest absolute Gasteiger partial charge is 0.491 e. The molecule has 1 aromatic carbocycles. The zero-order valence-electron chi connectivity index (χ0n) is 26.0. The molecule has 14 nitrogen and oxygen atoms in total. The van der Waals surface area contributed by atoms with E-state index in [9.17, 15) is 15.3 Å². The summed E-state index contributed by atoms with van der Waals surface area (Å²) in [5.41, 5.74) is 2.94. The van der Waals surface area contributed by atoms with E-state index in [0.717, 1.165) is 31.7 Å². The van der Waals surface area contributed by atoms with E-state index in [1.165, 1.54) is 15.8 Å². The summed E-state index contributed by atoms with van der Waals surface area (Å²) in [5, 5.41) is 35.3. The Hall–Kier alpha value is -3.10. The predicted molar refractivity (Wildman–Crippen MR) is 170 cm³/mol. The van der Waals surface area contributed by atoms with E-state index >= 15 is 0 Å². The quantitative estimate of drug-likeness (QED) is 0.105. The molecule has 3 N–H and O–H groups in total. The Labute approximate surface area is 277 Å². The highest BCUT2D eigenvalue weighted by atomic mass is 35.5. The van der Waals surface area contributed by atoms with Crippen LogP contribution in [-0.2, 0) is 35.5 Å². The smallest absolute Gasteiger partial charge is 0.226 e. The highest BCUT2D eigenvalue weighted by Gasteiger charge is 2.50. The second kappa shape index (κ2) is 15.4. The molecule has 1 spiro atoms. The van der Waals surface area contributed by atoms with Gasteiger partial charge in [-0.15, -0.1) is 6.42 Å². The molecule has 4 heterocycles. The summed E-state index contributed by atoms with van der Waals surface area (Å²) in [7, 11) is 0. The molecule has 0 unspecified atom stereocenters. The molecule has 2 aromatic heterocycles. The van der Waals surface area contributed by atoms with Gasteiger partial charge in [0.05, 0.1) is 64.4 Å². The fraction of sp³-hybridized carbons (Fsp3) is 0.594. The number of anilines is 1. The van der Waals surface area contributed by atoms with Gasteiger partial charge in [0, 0.05) is 18.5 Å². The van der Waals surface area contributed by atoms with Crippen molar-refractivity contribution < 1.29 is 43.7 Å². The van der Waals surface area contributed by atoms with Crippen molar-refractivity contribution in [1.29, 1.82) is 0 Å². The van der Waals surface area contributed by atoms with Gasteiger partial charge >= 0.3 is 0 Å². The lowest BCUT2D eigenvalue weighted by molar-refractivity contribution is -0.0566. The third-order valence-corrected chi connectivity index (χ3v) is 8.94. The van der Waals surface area contributed by atoms with Gasteiger partial charge in [-0.2, -0.15) is 15.1 Å². The first-order chi connectivity index (χ1) is 22.9. The standard InChI is InChI=1S/C32H40ClN5O9/c1-2-7-42-8-9-43-10-11-44-12-13-45-14-15-46-22-4-3-21-5-6-32(24(21)16-22)19-37(20-32)28-23-17-34-38(29(23)36-31(33)35-28)30-27(41)26(40)25(18-39)47-30/h1,3-4,16-17,25-27,30,39-41H,5-15,18-20H2/t25-,26-,27-,30-/m1/s1. The molecule has 0 bridgehead atoms. The van der Waals surface area contributed by atoms with Crippen LogP contribution in [-0.4, -0.2) is 133 Å². The van der Waals surface area contributed by atoms with Crippen molar-refractivity contribution in [2.24, 2.45) is 0 Å². The van der Waals surface area contributed by atoms with Crippen LogP contribution in [0.2, 0.25) is 5.28 Å². The minimum atomic E-state index is -1.29. The van der Waals surface area contributed by atoms with E-state index in [4.69, 9.17) is 46.4 Å². The van der Waals surface area contributed by atoms with Gasteiger partial charge in [-0.25, -0.2) is 4.68 Å². The van der Waals surface area contributed by atoms with Crippen molar-refractivity contribution in [2.75, 3.05) is 84.1 Å². The first kappa shape index (κ1) is 33.8. The van der Waals surface area contributed by atoms with Crippen LogP contribution in [0.1, 0.15) is 23.8 Å². The maximum atomic E-state index is 10.5. The van der Waals surface area contributed by atoms with Gasteiger partial charge in [-0.1, -0.05) is 12.0 Å². The Kier molecular flexibility index (Phi) is 11.1. The fourth-order valence-electron chi connectivity index (χ4n) is 6.43. The first-order valence-electron chi connectivity index (χ1n) is 15.7. The third-order valence-electron chi connectivity index (χ3n) is 8.77. The molecule has 15 heteroatoms. The maximum absolute atomic E-state index is 10.5. The highest BCUT2D eigenvalue weighted by molar-refractivity contribution is 6.28. The molecule has 0 amide bonds. The Bertz CT molecular complexity index is 1550. The van der Waals surface area contributed by atoms with E-state index in [-0.39, 0.29) is 10.7 Å². The Morgan fingerprint density at radius 3 is 2.36 bits per heavy atom. The number of hydrogen-bond acceptors (Lipinski definition) is 13. The molecular weight excluding hydrogens is 634 g/mol. The van der Waals surface area contributed by atoms with Crippen LogP contribution in [0.5, 0.6) is 5.75 Å². The number of fused-ring (bicyclic) bond motifs is 3. The monoisotopic (exact) mass is 673 g/mol. The van der Waals surface area contributed by atoms with Gasteiger partial charge in [0.2, 0.25) is 5.28 Å². The van der Waals surface area contributed by atoms with Crippen LogP contribution >= 0.6 is 11.6 Å². The van der Waals surface area contributed by atoms with Gasteiger partial charge in [0.1, 0.15) is 43.1 Å². The second-order valence-electron chi connectivity index (χ2n) is 11.8. The minimum Gasteiger partial charge on any atom is -0.491 e. The maximum Gasteiger partial charge on any atom is 0.226 e. The van der Waals surface area contributed by atoms with E-state index in [1.54, 1.807) is 6.20 Å². The highest BCUT2D eigenvalue weighted by Crippen LogP contribution is 2.48. The predicted octanol–water partition coefficient (Wildman–Crippen LogP) is 0.874. The molecule has 47 heavy (non-hydrogen) atoms. The molecule has 1 aliphatic carbocycles. The summed E-state index contributed by atoms with van der Waals surface area (Å²) in [6.45, 7) is 5.06. The normalized spacial score (nSPS) is 22.9. The summed E-state index contributed by atoms with van der Waals surface area (Å²) < 4.78 is 34.8. The number of benzene rings is 1. The van der Waals surface area contributed by atoms with Crippen LogP contribution in [0.3, 0.4) is 0 Å². The number of ether oxygens (including phenoxy) is 6. The molecule has 2 fully saturated rings. The molecule has 0 radical (unpaired) electrons. The molecule has 3 aliphatic rings. The van der Waals surface area contributed by atoms with Crippen molar-refractivity contribution in [1.82, 2.24) is 19.7 Å². The molecule has 3 aromatic rings. The number of halogens is 1. The molecule has 6 rings (SSSR count). The van der Waals surface area contributed by atoms with E-state index in [1.807, 2.05) is 6.07 Å². The van der Waals surface area contributed by atoms with Gasteiger partial charge in [-0.05, 0) is 47.7 Å². The summed E-state index contributed by atoms with van der Waals surface area (Å²) in [6, 6.07) is 6.29. The van der Waals surface area contributed by atoms with Crippen molar-refractivity contribution >= 4 is 28.5 Å². The summed E-state index contributed by atoms with van der Waals surface area (Å²) >= 11 is 6.36. The van der Waals surface area contributed by atoms with E-state index < -0.39 is 31.1 Å². The van der Waals surface area contributed by atoms with Crippen LogP contribution < -0.4 is 9.64 Å². The number of nitrogens with zero attached hydrogens (tertiary/aromatic N) is 5. The number of aliphatic hydroxyl groups is 3. The van der Waals surface area contributed by atoms with Crippen LogP contribution in [0.15, 0.2) is 24.4 Å². The molecule has 0 saturated carbocycles. The summed E-state index contributed by atoms with van der Waals surface area (Å²) in [4.78, 5) is 11.0. The lowest BCUT2D eigenvalue weighted by atomic mass is 9.74. The van der Waals surface area contributed by atoms with E-state index in [2.05, 4.69) is 38.0 Å². The Balaban J connectivity index is 0.985. The molecule has 2 saturated heterocycles. The fourth-order valence-corrected chi connectivity index (χ4v) is 6.59. The molecule has 4 atom stereocenters. The zero-order chi connectivity index (χ0) is 32.8. The lowest BCUT2D eigenvalue weighted by Crippen LogP contribution is -2.58. The number of terminal acetylenes is 1. The number of hydrogen-bond donors (Lipinski definition) is 3. The summed E-state index contributed by atoms with van der Waals surface area (Å²) in [6.07, 6.45) is 4.22. The van der Waals surface area contributed by atoms with Crippen LogP contribution in [0.4, 0.5) is 5.82 Å². The number of aliphatic hydroxyl groups excluding tert-OH is 3. The number of aromatic nitrogens is 4. The average Bonchev–Trinajstić information content (AvgIpc) is 3.73. The van der Waals surface area contributed by atoms with Crippen molar-refractivity contribution in [3.63, 3.8) is 0 Å². The Morgan fingerprint density at radius 2 is 1.68 bits per heavy atom. The van der Waals surface area contributed by atoms with E-state index in [0.29, 0.717) is 76.3 Å². The topological polar surface area (TPSA) is 163 Å². The molecule has 2 aliphatic heterocycles. The minimum absolute atomic E-state index is 0.0330. The Morgan fingerprint density at radius 1 is 0.979 bits per heavy atom. The zero-order valence-corrected chi connectivity index (χ0v) is 26.8. The van der Waals surface area contributed by atoms with Gasteiger partial charge in [-0.3, -0.25) is 0 Å². The van der Waals surface area contributed by atoms with Crippen molar-refractivity contribution in [2.45, 2.75) is 42.8 Å². The summed E-state index contributed by atoms with van der Waals surface area (Å²) in [5.74, 6) is 3.85. The lowest BCUT2D eigenvalue weighted by Gasteiger charge is -2.49. The van der Waals surface area contributed by atoms with Gasteiger partial charge < -0.3 is 48.6 Å². The van der Waals surface area contributed by atoms with Crippen molar-refractivity contribution in [3.8, 4) is 18.1 Å². The third kappa shape index (κ3) is 7.34. The SMILES string of the molecule is C#CCOCCOCCOCCOCCOc1ccc2c(c1)C1(CC2)CN(c2nc(Cl)nc3c2cnn3[C@@H]2O[C@H](CO)[C@@H](O)[C@H]2O)C1. The molecule has 254 valence electrons. The first-order valence-corrected chi connectivity index (χ1v) is 16.1. The van der Waals surface area contributed by atoms with Gasteiger partial charge in [0.25, 0.3) is 0 Å². The second-order valence-corrected chi connectivity index (χ2v) is 12.1. The van der Waals surface area contributed by atoms with Gasteiger partial charge in [0.15, 0.2) is 11.9 Å². The average molecular weight is 674 g/mol. The van der Waals surface area contributed by atoms with Crippen LogP contribution in [0.25, 0.3) is 11.0 Å². The number of rotatable bonds is 17.